The SMILES string of the molecule is O=C1COC[C@@H](Cc2cc(-n3nccn3)ccc2Cl)N1. The van der Waals surface area contributed by atoms with Crippen LogP contribution < -0.4 is 5.32 Å². The number of ether oxygens (including phenoxy) is 1. The third kappa shape index (κ3) is 2.81. The molecule has 0 aliphatic carbocycles. The number of benzene rings is 1. The molecule has 1 atom stereocenters. The van der Waals surface area contributed by atoms with Crippen LogP contribution >= 0.6 is 11.6 Å². The van der Waals surface area contributed by atoms with Gasteiger partial charge in [0.15, 0.2) is 0 Å². The first-order valence-corrected chi connectivity index (χ1v) is 6.62. The fourth-order valence-electron chi connectivity index (χ4n) is 2.17. The van der Waals surface area contributed by atoms with E-state index in [0.717, 1.165) is 11.3 Å². The van der Waals surface area contributed by atoms with Crippen LogP contribution in [-0.4, -0.2) is 40.2 Å². The lowest BCUT2D eigenvalue weighted by Crippen LogP contribution is -2.46. The van der Waals surface area contributed by atoms with E-state index in [1.807, 2.05) is 12.1 Å². The molecule has 0 saturated carbocycles. The maximum Gasteiger partial charge on any atom is 0.246 e. The third-order valence-corrected chi connectivity index (χ3v) is 3.43. The zero-order valence-electron chi connectivity index (χ0n) is 10.6. The summed E-state index contributed by atoms with van der Waals surface area (Å²) in [6.45, 7) is 0.619. The quantitative estimate of drug-likeness (QED) is 0.915. The van der Waals surface area contributed by atoms with E-state index in [4.69, 9.17) is 16.3 Å². The van der Waals surface area contributed by atoms with E-state index in [0.29, 0.717) is 18.1 Å². The molecule has 104 valence electrons. The molecule has 3 rings (SSSR count). The van der Waals surface area contributed by atoms with Crippen molar-refractivity contribution in [1.82, 2.24) is 20.3 Å². The van der Waals surface area contributed by atoms with Gasteiger partial charge in [0.25, 0.3) is 0 Å². The van der Waals surface area contributed by atoms with Gasteiger partial charge in [-0.15, -0.1) is 0 Å². The van der Waals surface area contributed by atoms with Gasteiger partial charge in [-0.1, -0.05) is 11.6 Å². The molecule has 0 spiro atoms. The van der Waals surface area contributed by atoms with Gasteiger partial charge in [-0.3, -0.25) is 4.79 Å². The van der Waals surface area contributed by atoms with Gasteiger partial charge in [-0.2, -0.15) is 15.0 Å². The number of rotatable bonds is 3. The second kappa shape index (κ2) is 5.60. The van der Waals surface area contributed by atoms with Crippen molar-refractivity contribution in [2.75, 3.05) is 13.2 Å². The molecule has 20 heavy (non-hydrogen) atoms. The lowest BCUT2D eigenvalue weighted by molar-refractivity contribution is -0.131. The number of amides is 1. The number of hydrogen-bond acceptors (Lipinski definition) is 4. The van der Waals surface area contributed by atoms with Crippen molar-refractivity contribution < 1.29 is 9.53 Å². The van der Waals surface area contributed by atoms with Crippen LogP contribution in [0.5, 0.6) is 0 Å². The molecule has 1 amide bonds. The van der Waals surface area contributed by atoms with Crippen LogP contribution in [0.1, 0.15) is 5.56 Å². The predicted molar refractivity (Wildman–Crippen MR) is 72.8 cm³/mol. The highest BCUT2D eigenvalue weighted by molar-refractivity contribution is 6.31. The summed E-state index contributed by atoms with van der Waals surface area (Å²) in [6, 6.07) is 5.51. The third-order valence-electron chi connectivity index (χ3n) is 3.06. The zero-order valence-corrected chi connectivity index (χ0v) is 11.4. The average Bonchev–Trinajstić information content (AvgIpc) is 2.95. The van der Waals surface area contributed by atoms with Crippen molar-refractivity contribution >= 4 is 17.5 Å². The zero-order chi connectivity index (χ0) is 13.9. The van der Waals surface area contributed by atoms with Crippen molar-refractivity contribution in [3.8, 4) is 5.69 Å². The highest BCUT2D eigenvalue weighted by Gasteiger charge is 2.20. The number of carbonyl (C=O) groups is 1. The van der Waals surface area contributed by atoms with Crippen LogP contribution in [0, 0.1) is 0 Å². The molecular weight excluding hydrogens is 280 g/mol. The topological polar surface area (TPSA) is 69.0 Å². The van der Waals surface area contributed by atoms with E-state index in [-0.39, 0.29) is 18.6 Å². The van der Waals surface area contributed by atoms with E-state index in [2.05, 4.69) is 15.5 Å². The monoisotopic (exact) mass is 292 g/mol. The summed E-state index contributed by atoms with van der Waals surface area (Å²) in [5.74, 6) is -0.0951. The Morgan fingerprint density at radius 1 is 1.40 bits per heavy atom. The Balaban J connectivity index is 1.81. The highest BCUT2D eigenvalue weighted by atomic mass is 35.5. The molecule has 7 heteroatoms. The van der Waals surface area contributed by atoms with E-state index in [1.54, 1.807) is 18.5 Å². The van der Waals surface area contributed by atoms with Gasteiger partial charge in [-0.05, 0) is 30.2 Å². The molecule has 1 aromatic heterocycles. The highest BCUT2D eigenvalue weighted by Crippen LogP contribution is 2.21. The van der Waals surface area contributed by atoms with Crippen LogP contribution in [0.15, 0.2) is 30.6 Å². The molecular formula is C13H13ClN4O2. The van der Waals surface area contributed by atoms with Crippen LogP contribution in [0.25, 0.3) is 5.69 Å². The molecule has 0 radical (unpaired) electrons. The number of hydrogen-bond donors (Lipinski definition) is 1. The lowest BCUT2D eigenvalue weighted by Gasteiger charge is -2.24. The summed E-state index contributed by atoms with van der Waals surface area (Å²) >= 11 is 6.21. The Labute approximate surface area is 120 Å². The Kier molecular flexibility index (Phi) is 3.66. The van der Waals surface area contributed by atoms with Gasteiger partial charge in [0, 0.05) is 5.02 Å². The lowest BCUT2D eigenvalue weighted by atomic mass is 10.0. The first-order valence-electron chi connectivity index (χ1n) is 6.24. The molecule has 1 N–H and O–H groups in total. The summed E-state index contributed by atoms with van der Waals surface area (Å²) in [5, 5.41) is 11.7. The van der Waals surface area contributed by atoms with Crippen molar-refractivity contribution in [3.05, 3.63) is 41.2 Å². The van der Waals surface area contributed by atoms with E-state index >= 15 is 0 Å². The number of nitrogens with one attached hydrogen (secondary N) is 1. The average molecular weight is 293 g/mol. The van der Waals surface area contributed by atoms with Gasteiger partial charge >= 0.3 is 0 Å². The molecule has 6 nitrogen and oxygen atoms in total. The molecule has 2 heterocycles. The summed E-state index contributed by atoms with van der Waals surface area (Å²) < 4.78 is 5.22. The molecule has 1 aromatic carbocycles. The maximum atomic E-state index is 11.3. The number of carbonyl (C=O) groups excluding carboxylic acids is 1. The summed E-state index contributed by atoms with van der Waals surface area (Å²) in [6.07, 6.45) is 3.84. The van der Waals surface area contributed by atoms with Gasteiger partial charge in [0.1, 0.15) is 6.61 Å². The summed E-state index contributed by atoms with van der Waals surface area (Å²) in [4.78, 5) is 12.8. The Morgan fingerprint density at radius 2 is 2.20 bits per heavy atom. The molecule has 2 aromatic rings. The van der Waals surface area contributed by atoms with Crippen molar-refractivity contribution in [2.45, 2.75) is 12.5 Å². The van der Waals surface area contributed by atoms with Crippen LogP contribution in [0.3, 0.4) is 0 Å². The van der Waals surface area contributed by atoms with E-state index < -0.39 is 0 Å². The van der Waals surface area contributed by atoms with Crippen LogP contribution in [0.4, 0.5) is 0 Å². The molecule has 0 unspecified atom stereocenters. The van der Waals surface area contributed by atoms with E-state index in [9.17, 15) is 4.79 Å². The molecule has 1 fully saturated rings. The number of halogens is 1. The minimum Gasteiger partial charge on any atom is -0.369 e. The van der Waals surface area contributed by atoms with Crippen LogP contribution in [0.2, 0.25) is 5.02 Å². The van der Waals surface area contributed by atoms with E-state index in [1.165, 1.54) is 4.80 Å². The standard InChI is InChI=1S/C13H13ClN4O2/c14-12-2-1-11(18-15-3-4-16-18)6-9(12)5-10-7-20-8-13(19)17-10/h1-4,6,10H,5,7-8H2,(H,17,19)/t10-/m1/s1. The molecule has 1 saturated heterocycles. The first kappa shape index (κ1) is 13.1. The summed E-state index contributed by atoms with van der Waals surface area (Å²) in [5.41, 5.74) is 1.76. The van der Waals surface area contributed by atoms with Gasteiger partial charge in [0.05, 0.1) is 30.7 Å². The maximum absolute atomic E-state index is 11.3. The van der Waals surface area contributed by atoms with Crippen molar-refractivity contribution in [3.63, 3.8) is 0 Å². The fourth-order valence-corrected chi connectivity index (χ4v) is 2.37. The number of aromatic nitrogens is 3. The Morgan fingerprint density at radius 3 is 2.95 bits per heavy atom. The minimum atomic E-state index is -0.0951. The predicted octanol–water partition coefficient (Wildman–Crippen LogP) is 0.978. The van der Waals surface area contributed by atoms with Crippen LogP contribution in [-0.2, 0) is 16.0 Å². The molecule has 1 aliphatic heterocycles. The molecule has 1 aliphatic rings. The second-order valence-electron chi connectivity index (χ2n) is 4.58. The van der Waals surface area contributed by atoms with Crippen molar-refractivity contribution in [1.29, 1.82) is 0 Å². The minimum absolute atomic E-state index is 0.0606. The Hall–Kier alpha value is -1.92. The Bertz CT molecular complexity index is 615. The van der Waals surface area contributed by atoms with Gasteiger partial charge in [0.2, 0.25) is 5.91 Å². The second-order valence-corrected chi connectivity index (χ2v) is 4.99. The molecule has 0 bridgehead atoms. The normalized spacial score (nSPS) is 18.9. The number of nitrogens with zero attached hydrogens (tertiary/aromatic N) is 3. The number of morpholine rings is 1. The summed E-state index contributed by atoms with van der Waals surface area (Å²) in [7, 11) is 0. The smallest absolute Gasteiger partial charge is 0.246 e. The fraction of sp³-hybridized carbons (Fsp3) is 0.308. The van der Waals surface area contributed by atoms with Gasteiger partial charge < -0.3 is 10.1 Å². The van der Waals surface area contributed by atoms with Gasteiger partial charge in [-0.25, -0.2) is 0 Å². The van der Waals surface area contributed by atoms with Crippen molar-refractivity contribution in [2.24, 2.45) is 0 Å². The largest absolute Gasteiger partial charge is 0.369 e. The first-order chi connectivity index (χ1) is 9.72.